The highest BCUT2D eigenvalue weighted by atomic mass is 35.5. The minimum Gasteiger partial charge on any atom is -0.490 e. The van der Waals surface area contributed by atoms with Crippen LogP contribution < -0.4 is 19.1 Å². The normalized spacial score (nSPS) is 18.2. The molecule has 8 heteroatoms. The number of aromatic nitrogens is 1. The first-order valence-electron chi connectivity index (χ1n) is 9.77. The third kappa shape index (κ3) is 4.05. The number of methoxy groups -OCH3 is 1. The second kappa shape index (κ2) is 8.37. The lowest BCUT2D eigenvalue weighted by Crippen LogP contribution is -2.30. The molecule has 2 aliphatic heterocycles. The molecule has 154 valence electrons. The molecule has 0 radical (unpaired) electrons. The van der Waals surface area contributed by atoms with E-state index in [9.17, 15) is 4.79 Å². The van der Waals surface area contributed by atoms with Gasteiger partial charge in [-0.2, -0.15) is 0 Å². The summed E-state index contributed by atoms with van der Waals surface area (Å²) in [6.07, 6.45) is 3.09. The van der Waals surface area contributed by atoms with Gasteiger partial charge in [-0.15, -0.1) is 0 Å². The zero-order valence-corrected chi connectivity index (χ0v) is 17.3. The molecule has 1 saturated heterocycles. The standard InChI is InChI=1S/C21H24ClN3O4/c1-3-20(26)24-7-6-16(13-24)29-15-4-5-19-18(11-15)25(8-9-28-19)14-10-17(22)21(27-2)23-12-14/h4-5,10-12,16H,3,6-9,13H2,1-2H3. The summed E-state index contributed by atoms with van der Waals surface area (Å²) in [5, 5.41) is 0.456. The quantitative estimate of drug-likeness (QED) is 0.739. The van der Waals surface area contributed by atoms with Gasteiger partial charge in [-0.05, 0) is 18.2 Å². The van der Waals surface area contributed by atoms with Crippen molar-refractivity contribution in [2.45, 2.75) is 25.9 Å². The summed E-state index contributed by atoms with van der Waals surface area (Å²) in [5.41, 5.74) is 1.76. The number of carbonyl (C=O) groups excluding carboxylic acids is 1. The van der Waals surface area contributed by atoms with Crippen molar-refractivity contribution in [1.29, 1.82) is 0 Å². The Morgan fingerprint density at radius 2 is 2.21 bits per heavy atom. The maximum atomic E-state index is 11.9. The van der Waals surface area contributed by atoms with Crippen molar-refractivity contribution in [3.05, 3.63) is 35.5 Å². The predicted octanol–water partition coefficient (Wildman–Crippen LogP) is 3.66. The minimum absolute atomic E-state index is 0.00129. The number of nitrogens with zero attached hydrogens (tertiary/aromatic N) is 3. The Morgan fingerprint density at radius 1 is 1.34 bits per heavy atom. The molecule has 0 N–H and O–H groups in total. The van der Waals surface area contributed by atoms with Gasteiger partial charge in [-0.3, -0.25) is 4.79 Å². The summed E-state index contributed by atoms with van der Waals surface area (Å²) in [4.78, 5) is 20.1. The van der Waals surface area contributed by atoms with E-state index in [1.54, 1.807) is 13.3 Å². The van der Waals surface area contributed by atoms with Crippen LogP contribution in [0.25, 0.3) is 0 Å². The summed E-state index contributed by atoms with van der Waals surface area (Å²) in [6, 6.07) is 7.63. The highest BCUT2D eigenvalue weighted by Gasteiger charge is 2.28. The van der Waals surface area contributed by atoms with Gasteiger partial charge in [-0.1, -0.05) is 18.5 Å². The second-order valence-corrected chi connectivity index (χ2v) is 7.44. The maximum absolute atomic E-state index is 11.9. The number of carbonyl (C=O) groups is 1. The van der Waals surface area contributed by atoms with Gasteiger partial charge in [0, 0.05) is 25.5 Å². The van der Waals surface area contributed by atoms with Gasteiger partial charge in [0.2, 0.25) is 11.8 Å². The number of ether oxygens (including phenoxy) is 3. The van der Waals surface area contributed by atoms with Gasteiger partial charge in [0.05, 0.1) is 37.8 Å². The van der Waals surface area contributed by atoms with Gasteiger partial charge < -0.3 is 24.0 Å². The molecule has 0 spiro atoms. The van der Waals surface area contributed by atoms with E-state index in [1.807, 2.05) is 36.1 Å². The van der Waals surface area contributed by atoms with Gasteiger partial charge >= 0.3 is 0 Å². The topological polar surface area (TPSA) is 64.1 Å². The van der Waals surface area contributed by atoms with Crippen LogP contribution >= 0.6 is 11.6 Å². The fourth-order valence-corrected chi connectivity index (χ4v) is 3.96. The molecule has 1 amide bonds. The predicted molar refractivity (Wildman–Crippen MR) is 111 cm³/mol. The highest BCUT2D eigenvalue weighted by Crippen LogP contribution is 2.40. The molecule has 4 rings (SSSR count). The SMILES string of the molecule is CCC(=O)N1CCC(Oc2ccc3c(c2)N(c2cnc(OC)c(Cl)c2)CCO3)C1. The number of pyridine rings is 1. The number of hydrogen-bond acceptors (Lipinski definition) is 6. The lowest BCUT2D eigenvalue weighted by Gasteiger charge is -2.31. The van der Waals surface area contributed by atoms with Crippen LogP contribution in [0.4, 0.5) is 11.4 Å². The smallest absolute Gasteiger partial charge is 0.232 e. The van der Waals surface area contributed by atoms with Crippen LogP contribution in [0.3, 0.4) is 0 Å². The van der Waals surface area contributed by atoms with E-state index >= 15 is 0 Å². The van der Waals surface area contributed by atoms with E-state index in [-0.39, 0.29) is 12.0 Å². The third-order valence-electron chi connectivity index (χ3n) is 5.19. The average Bonchev–Trinajstić information content (AvgIpc) is 3.21. The molecule has 0 saturated carbocycles. The Balaban J connectivity index is 1.54. The average molecular weight is 418 g/mol. The van der Waals surface area contributed by atoms with Crippen LogP contribution in [-0.4, -0.2) is 55.2 Å². The Bertz CT molecular complexity index is 907. The molecule has 1 unspecified atom stereocenters. The molecule has 0 aliphatic carbocycles. The Labute approximate surface area is 175 Å². The number of rotatable bonds is 5. The Morgan fingerprint density at radius 3 is 2.97 bits per heavy atom. The molecule has 1 aromatic carbocycles. The van der Waals surface area contributed by atoms with Crippen LogP contribution in [0, 0.1) is 0 Å². The number of likely N-dealkylation sites (tertiary alicyclic amines) is 1. The zero-order valence-electron chi connectivity index (χ0n) is 16.6. The summed E-state index contributed by atoms with van der Waals surface area (Å²) < 4.78 is 17.1. The first-order chi connectivity index (χ1) is 14.1. The van der Waals surface area contributed by atoms with Crippen molar-refractivity contribution >= 4 is 28.9 Å². The third-order valence-corrected chi connectivity index (χ3v) is 5.47. The summed E-state index contributed by atoms with van der Waals surface area (Å²) in [6.45, 7) is 4.49. The van der Waals surface area contributed by atoms with Crippen LogP contribution in [0.2, 0.25) is 5.02 Å². The molecular weight excluding hydrogens is 394 g/mol. The number of fused-ring (bicyclic) bond motifs is 1. The lowest BCUT2D eigenvalue weighted by molar-refractivity contribution is -0.130. The summed E-state index contributed by atoms with van der Waals surface area (Å²) in [7, 11) is 1.54. The number of benzene rings is 1. The van der Waals surface area contributed by atoms with Crippen molar-refractivity contribution in [2.75, 3.05) is 38.3 Å². The van der Waals surface area contributed by atoms with Crippen molar-refractivity contribution in [3.8, 4) is 17.4 Å². The van der Waals surface area contributed by atoms with Gasteiger partial charge in [0.25, 0.3) is 0 Å². The van der Waals surface area contributed by atoms with Gasteiger partial charge in [0.1, 0.15) is 29.2 Å². The van der Waals surface area contributed by atoms with E-state index in [1.165, 1.54) is 0 Å². The van der Waals surface area contributed by atoms with E-state index in [4.69, 9.17) is 25.8 Å². The van der Waals surface area contributed by atoms with E-state index in [0.29, 0.717) is 37.0 Å². The molecule has 1 fully saturated rings. The van der Waals surface area contributed by atoms with Crippen LogP contribution in [0.1, 0.15) is 19.8 Å². The number of amides is 1. The number of hydrogen-bond donors (Lipinski definition) is 0. The molecule has 3 heterocycles. The molecule has 1 atom stereocenters. The largest absolute Gasteiger partial charge is 0.490 e. The molecule has 1 aromatic heterocycles. The molecule has 29 heavy (non-hydrogen) atoms. The van der Waals surface area contributed by atoms with Crippen molar-refractivity contribution in [1.82, 2.24) is 9.88 Å². The van der Waals surface area contributed by atoms with Crippen molar-refractivity contribution in [3.63, 3.8) is 0 Å². The molecular formula is C21H24ClN3O4. The fraction of sp³-hybridized carbons (Fsp3) is 0.429. The van der Waals surface area contributed by atoms with E-state index < -0.39 is 0 Å². The monoisotopic (exact) mass is 417 g/mol. The van der Waals surface area contributed by atoms with Gasteiger partial charge in [-0.25, -0.2) is 4.98 Å². The summed E-state index contributed by atoms with van der Waals surface area (Å²) in [5.74, 6) is 2.10. The van der Waals surface area contributed by atoms with Crippen LogP contribution in [0.15, 0.2) is 30.5 Å². The van der Waals surface area contributed by atoms with Crippen LogP contribution in [0.5, 0.6) is 17.4 Å². The van der Waals surface area contributed by atoms with Crippen molar-refractivity contribution in [2.24, 2.45) is 0 Å². The lowest BCUT2D eigenvalue weighted by atomic mass is 10.2. The van der Waals surface area contributed by atoms with E-state index in [2.05, 4.69) is 9.88 Å². The number of halogens is 1. The molecule has 7 nitrogen and oxygen atoms in total. The fourth-order valence-electron chi connectivity index (χ4n) is 3.72. The first kappa shape index (κ1) is 19.6. The zero-order chi connectivity index (χ0) is 20.4. The molecule has 2 aliphatic rings. The minimum atomic E-state index is -0.00129. The van der Waals surface area contributed by atoms with Crippen LogP contribution in [-0.2, 0) is 4.79 Å². The second-order valence-electron chi connectivity index (χ2n) is 7.04. The van der Waals surface area contributed by atoms with Gasteiger partial charge in [0.15, 0.2) is 0 Å². The Hall–Kier alpha value is -2.67. The Kier molecular flexibility index (Phi) is 5.67. The molecule has 2 aromatic rings. The number of anilines is 2. The van der Waals surface area contributed by atoms with Crippen molar-refractivity contribution < 1.29 is 19.0 Å². The maximum Gasteiger partial charge on any atom is 0.232 e. The highest BCUT2D eigenvalue weighted by molar-refractivity contribution is 6.32. The summed E-state index contributed by atoms with van der Waals surface area (Å²) >= 11 is 6.27. The van der Waals surface area contributed by atoms with E-state index in [0.717, 1.165) is 35.8 Å². The first-order valence-corrected chi connectivity index (χ1v) is 10.1. The molecule has 0 bridgehead atoms.